The van der Waals surface area contributed by atoms with Gasteiger partial charge in [0.2, 0.25) is 0 Å². The van der Waals surface area contributed by atoms with Crippen molar-refractivity contribution in [3.63, 3.8) is 0 Å². The van der Waals surface area contributed by atoms with Gasteiger partial charge in [0, 0.05) is 48.5 Å². The molecule has 5 rings (SSSR count). The molecule has 37 heavy (non-hydrogen) atoms. The summed E-state index contributed by atoms with van der Waals surface area (Å²) in [5.41, 5.74) is 3.57. The van der Waals surface area contributed by atoms with Crippen LogP contribution >= 0.6 is 0 Å². The Morgan fingerprint density at radius 3 is 2.54 bits per heavy atom. The highest BCUT2D eigenvalue weighted by molar-refractivity contribution is 5.89. The zero-order chi connectivity index (χ0) is 25.6. The third kappa shape index (κ3) is 5.61. The molecule has 0 saturated carbocycles. The molecule has 2 saturated heterocycles. The van der Waals surface area contributed by atoms with Crippen LogP contribution in [0.2, 0.25) is 0 Å². The third-order valence-electron chi connectivity index (χ3n) is 7.29. The number of carbonyl (C=O) groups excluding carboxylic acids is 1. The number of fused-ring (bicyclic) bond motifs is 1. The lowest BCUT2D eigenvalue weighted by atomic mass is 9.74. The number of nitrogens with one attached hydrogen (secondary N) is 1. The highest BCUT2D eigenvalue weighted by Gasteiger charge is 2.49. The Kier molecular flexibility index (Phi) is 7.69. The zero-order valence-electron chi connectivity index (χ0n) is 21.0. The van der Waals surface area contributed by atoms with Gasteiger partial charge in [-0.25, -0.2) is 9.78 Å². The van der Waals surface area contributed by atoms with E-state index in [9.17, 15) is 9.90 Å². The van der Waals surface area contributed by atoms with E-state index in [-0.39, 0.29) is 30.6 Å². The number of hydrogen-bond acceptors (Lipinski definition) is 5. The number of nitrogens with zero attached hydrogens (tertiary/aromatic N) is 3. The summed E-state index contributed by atoms with van der Waals surface area (Å²) in [6.07, 6.45) is 3.67. The monoisotopic (exact) mass is 496 g/mol. The first-order valence-electron chi connectivity index (χ1n) is 12.8. The second-order valence-corrected chi connectivity index (χ2v) is 9.48. The number of methoxy groups -OCH3 is 1. The van der Waals surface area contributed by atoms with E-state index < -0.39 is 0 Å². The number of urea groups is 1. The fourth-order valence-electron chi connectivity index (χ4n) is 5.36. The summed E-state index contributed by atoms with van der Waals surface area (Å²) in [4.78, 5) is 21.7. The Bertz CT molecular complexity index is 1250. The fraction of sp³-hybridized carbons (Fsp3) is 0.333. The van der Waals surface area contributed by atoms with Gasteiger partial charge in [0.25, 0.3) is 0 Å². The van der Waals surface area contributed by atoms with Gasteiger partial charge in [0.15, 0.2) is 0 Å². The normalized spacial score (nSPS) is 21.4. The molecular weight excluding hydrogens is 464 g/mol. The Labute approximate surface area is 218 Å². The molecule has 2 aromatic carbocycles. The number of pyridine rings is 1. The molecular formula is C30H32N4O3. The Hall–Kier alpha value is -3.86. The minimum atomic E-state index is -0.0987. The van der Waals surface area contributed by atoms with E-state index in [1.807, 2.05) is 59.5 Å². The summed E-state index contributed by atoms with van der Waals surface area (Å²) in [6, 6.07) is 21.4. The Morgan fingerprint density at radius 2 is 1.84 bits per heavy atom. The maximum Gasteiger partial charge on any atom is 0.321 e. The van der Waals surface area contributed by atoms with Crippen LogP contribution < -0.4 is 10.1 Å². The van der Waals surface area contributed by atoms with Crippen molar-refractivity contribution in [2.45, 2.75) is 30.8 Å². The minimum absolute atomic E-state index is 0.0556. The number of rotatable bonds is 4. The fourth-order valence-corrected chi connectivity index (χ4v) is 5.36. The molecule has 1 aromatic heterocycles. The van der Waals surface area contributed by atoms with Crippen LogP contribution in [0.1, 0.15) is 35.6 Å². The summed E-state index contributed by atoms with van der Waals surface area (Å²) in [5, 5.41) is 13.3. The summed E-state index contributed by atoms with van der Waals surface area (Å²) in [7, 11) is 1.62. The predicted octanol–water partition coefficient (Wildman–Crippen LogP) is 3.95. The van der Waals surface area contributed by atoms with E-state index in [0.717, 1.165) is 42.1 Å². The number of aliphatic hydroxyl groups is 1. The van der Waals surface area contributed by atoms with Crippen molar-refractivity contribution in [3.8, 4) is 17.6 Å². The lowest BCUT2D eigenvalue weighted by molar-refractivity contribution is -0.0585. The molecule has 3 atom stereocenters. The van der Waals surface area contributed by atoms with Gasteiger partial charge >= 0.3 is 6.03 Å². The summed E-state index contributed by atoms with van der Waals surface area (Å²) >= 11 is 0. The molecule has 0 unspecified atom stereocenters. The molecule has 0 bridgehead atoms. The van der Waals surface area contributed by atoms with Crippen LogP contribution in [0.3, 0.4) is 0 Å². The number of aliphatic hydroxyl groups excluding tert-OH is 1. The summed E-state index contributed by atoms with van der Waals surface area (Å²) in [5.74, 6) is 7.17. The van der Waals surface area contributed by atoms with E-state index in [0.29, 0.717) is 13.1 Å². The van der Waals surface area contributed by atoms with Crippen molar-refractivity contribution in [1.29, 1.82) is 0 Å². The van der Waals surface area contributed by atoms with E-state index >= 15 is 0 Å². The van der Waals surface area contributed by atoms with Crippen molar-refractivity contribution in [2.24, 2.45) is 0 Å². The average molecular weight is 497 g/mol. The van der Waals surface area contributed by atoms with Crippen LogP contribution in [0.25, 0.3) is 0 Å². The molecule has 2 aliphatic rings. The average Bonchev–Trinajstić information content (AvgIpc) is 2.92. The molecule has 7 heteroatoms. The van der Waals surface area contributed by atoms with Crippen LogP contribution in [-0.2, 0) is 0 Å². The molecule has 3 aromatic rings. The van der Waals surface area contributed by atoms with E-state index in [1.165, 1.54) is 5.56 Å². The molecule has 0 radical (unpaired) electrons. The van der Waals surface area contributed by atoms with Crippen molar-refractivity contribution in [3.05, 3.63) is 89.7 Å². The number of amides is 2. The third-order valence-corrected chi connectivity index (χ3v) is 7.29. The topological polar surface area (TPSA) is 77.9 Å². The first-order valence-corrected chi connectivity index (χ1v) is 12.8. The molecule has 0 aliphatic carbocycles. The molecule has 0 spiro atoms. The predicted molar refractivity (Wildman–Crippen MR) is 144 cm³/mol. The quantitative estimate of drug-likeness (QED) is 0.535. The smallest absolute Gasteiger partial charge is 0.321 e. The number of aromatic nitrogens is 1. The lowest BCUT2D eigenvalue weighted by Crippen LogP contribution is -2.68. The van der Waals surface area contributed by atoms with Crippen LogP contribution in [0.4, 0.5) is 10.5 Å². The van der Waals surface area contributed by atoms with Gasteiger partial charge in [-0.1, -0.05) is 24.1 Å². The molecule has 190 valence electrons. The number of benzene rings is 2. The van der Waals surface area contributed by atoms with E-state index in [1.54, 1.807) is 13.3 Å². The second kappa shape index (κ2) is 11.5. The van der Waals surface area contributed by atoms with Gasteiger partial charge in [-0.15, -0.1) is 0 Å². The van der Waals surface area contributed by atoms with Gasteiger partial charge in [0.1, 0.15) is 11.4 Å². The largest absolute Gasteiger partial charge is 0.497 e. The van der Waals surface area contributed by atoms with Crippen LogP contribution in [-0.4, -0.2) is 71.4 Å². The van der Waals surface area contributed by atoms with E-state index in [2.05, 4.69) is 39.2 Å². The van der Waals surface area contributed by atoms with E-state index in [4.69, 9.17) is 4.74 Å². The minimum Gasteiger partial charge on any atom is -0.497 e. The highest BCUT2D eigenvalue weighted by Crippen LogP contribution is 2.42. The van der Waals surface area contributed by atoms with Crippen molar-refractivity contribution >= 4 is 11.7 Å². The van der Waals surface area contributed by atoms with Gasteiger partial charge in [-0.05, 0) is 79.4 Å². The molecule has 2 aliphatic heterocycles. The van der Waals surface area contributed by atoms with Crippen molar-refractivity contribution in [2.75, 3.05) is 38.7 Å². The first-order chi connectivity index (χ1) is 18.2. The summed E-state index contributed by atoms with van der Waals surface area (Å²) in [6.45, 7) is 2.36. The van der Waals surface area contributed by atoms with Gasteiger partial charge in [-0.3, -0.25) is 4.90 Å². The molecule has 2 fully saturated rings. The Balaban J connectivity index is 1.30. The van der Waals surface area contributed by atoms with Crippen LogP contribution in [0.15, 0.2) is 72.9 Å². The maximum atomic E-state index is 13.2. The number of anilines is 1. The summed E-state index contributed by atoms with van der Waals surface area (Å²) < 4.78 is 5.21. The van der Waals surface area contributed by atoms with Gasteiger partial charge in [0.05, 0.1) is 13.7 Å². The molecule has 2 N–H and O–H groups in total. The van der Waals surface area contributed by atoms with Gasteiger partial charge in [-0.2, -0.15) is 0 Å². The molecule has 7 nitrogen and oxygen atoms in total. The van der Waals surface area contributed by atoms with Crippen molar-refractivity contribution < 1.29 is 14.6 Å². The molecule has 2 amide bonds. The Morgan fingerprint density at radius 1 is 1.05 bits per heavy atom. The lowest BCUT2D eigenvalue weighted by Gasteiger charge is -2.57. The maximum absolute atomic E-state index is 13.2. The second-order valence-electron chi connectivity index (χ2n) is 9.48. The SMILES string of the molecule is COc1ccc(NC(=O)N2CCCCN3[C@H](C2)[C@@H](c2ccc(C#Cc4ccccn4)cc2)[C@@H]3CO)cc1. The van der Waals surface area contributed by atoms with Crippen LogP contribution in [0, 0.1) is 11.8 Å². The van der Waals surface area contributed by atoms with Crippen molar-refractivity contribution in [1.82, 2.24) is 14.8 Å². The highest BCUT2D eigenvalue weighted by atomic mass is 16.5. The number of carbonyl (C=O) groups is 1. The standard InChI is InChI=1S/C30H32N4O3/c1-37-26-15-13-25(14-16-26)32-30(36)33-18-4-5-19-34-27(20-33)29(28(34)21-35)23-10-7-22(8-11-23)9-12-24-6-2-3-17-31-24/h2-3,6-8,10-11,13-17,27-29,35H,4-5,18-21H2,1H3,(H,32,36)/t27-,28+,29-/m1/s1. The number of hydrogen-bond donors (Lipinski definition) is 2. The number of ether oxygens (including phenoxy) is 1. The van der Waals surface area contributed by atoms with Crippen LogP contribution in [0.5, 0.6) is 5.75 Å². The molecule has 3 heterocycles. The van der Waals surface area contributed by atoms with Gasteiger partial charge < -0.3 is 20.1 Å². The zero-order valence-corrected chi connectivity index (χ0v) is 21.0. The first kappa shape index (κ1) is 24.8.